The van der Waals surface area contributed by atoms with Gasteiger partial charge < -0.3 is 10.2 Å². The smallest absolute Gasteiger partial charge is 0.152 e. The maximum absolute atomic E-state index is 4.45. The van der Waals surface area contributed by atoms with Crippen LogP contribution in [0, 0.1) is 12.8 Å². The minimum Gasteiger partial charge on any atom is -0.368 e. The molecule has 0 radical (unpaired) electrons. The topological polar surface area (TPSA) is 71.2 Å². The van der Waals surface area contributed by atoms with E-state index in [0.717, 1.165) is 48.2 Å². The van der Waals surface area contributed by atoms with Crippen molar-refractivity contribution in [2.24, 2.45) is 5.92 Å². The number of hydrogen-bond acceptors (Lipinski definition) is 6. The highest BCUT2D eigenvalue weighted by molar-refractivity contribution is 5.67. The highest BCUT2D eigenvalue weighted by Gasteiger charge is 2.28. The van der Waals surface area contributed by atoms with Gasteiger partial charge in [0, 0.05) is 43.4 Å². The summed E-state index contributed by atoms with van der Waals surface area (Å²) < 4.78 is 1.87. The van der Waals surface area contributed by atoms with Crippen LogP contribution in [0.4, 0.5) is 11.6 Å². The molecule has 3 aromatic heterocycles. The summed E-state index contributed by atoms with van der Waals surface area (Å²) in [5.74, 6) is 2.42. The molecular weight excluding hydrogens is 326 g/mol. The van der Waals surface area contributed by atoms with Crippen molar-refractivity contribution in [2.75, 3.05) is 29.9 Å². The molecule has 4 heterocycles. The molecule has 1 saturated heterocycles. The van der Waals surface area contributed by atoms with Crippen molar-refractivity contribution in [3.8, 4) is 0 Å². The van der Waals surface area contributed by atoms with Gasteiger partial charge in [-0.1, -0.05) is 20.8 Å². The number of fused-ring (bicyclic) bond motifs is 1. The Hall–Kier alpha value is -2.70. The Bertz CT molecular complexity index is 902. The second kappa shape index (κ2) is 6.23. The van der Waals surface area contributed by atoms with Crippen LogP contribution in [0.1, 0.15) is 32.2 Å². The lowest BCUT2D eigenvalue weighted by Gasteiger charge is -2.40. The largest absolute Gasteiger partial charge is 0.368 e. The van der Waals surface area contributed by atoms with Gasteiger partial charge in [0.15, 0.2) is 11.6 Å². The molecule has 7 heteroatoms. The third kappa shape index (κ3) is 3.21. The molecule has 1 fully saturated rings. The summed E-state index contributed by atoms with van der Waals surface area (Å²) in [5, 5.41) is 16.7. The SMILES string of the molecule is Cc1cc2c(NCC3CN(c4ccc(C(C)(C)C)nn4)C3)nccn2n1. The van der Waals surface area contributed by atoms with Gasteiger partial charge in [-0.3, -0.25) is 0 Å². The van der Waals surface area contributed by atoms with E-state index < -0.39 is 0 Å². The van der Waals surface area contributed by atoms with Crippen LogP contribution in [0.3, 0.4) is 0 Å². The van der Waals surface area contributed by atoms with Crippen LogP contribution in [0.2, 0.25) is 0 Å². The van der Waals surface area contributed by atoms with Crippen molar-refractivity contribution >= 4 is 17.2 Å². The van der Waals surface area contributed by atoms with E-state index in [2.05, 4.69) is 69.5 Å². The van der Waals surface area contributed by atoms with Gasteiger partial charge in [0.05, 0.1) is 11.4 Å². The van der Waals surface area contributed by atoms with Crippen molar-refractivity contribution in [1.29, 1.82) is 0 Å². The van der Waals surface area contributed by atoms with Gasteiger partial charge in [0.2, 0.25) is 0 Å². The number of hydrogen-bond donors (Lipinski definition) is 1. The quantitative estimate of drug-likeness (QED) is 0.779. The average Bonchev–Trinajstić information content (AvgIpc) is 2.94. The number of rotatable bonds is 4. The third-order valence-corrected chi connectivity index (χ3v) is 4.77. The fourth-order valence-corrected chi connectivity index (χ4v) is 3.20. The zero-order valence-corrected chi connectivity index (χ0v) is 15.8. The maximum atomic E-state index is 4.45. The lowest BCUT2D eigenvalue weighted by atomic mass is 9.92. The number of nitrogens with one attached hydrogen (secondary N) is 1. The summed E-state index contributed by atoms with van der Waals surface area (Å²) in [7, 11) is 0. The number of nitrogens with zero attached hydrogens (tertiary/aromatic N) is 6. The molecule has 0 amide bonds. The molecule has 0 aliphatic carbocycles. The zero-order valence-electron chi connectivity index (χ0n) is 15.8. The molecule has 0 atom stereocenters. The summed E-state index contributed by atoms with van der Waals surface area (Å²) in [5.41, 5.74) is 3.07. The van der Waals surface area contributed by atoms with Crippen LogP contribution < -0.4 is 10.2 Å². The minimum absolute atomic E-state index is 0.0347. The fraction of sp³-hybridized carbons (Fsp3) is 0.474. The Morgan fingerprint density at radius 1 is 1.19 bits per heavy atom. The predicted molar refractivity (Wildman–Crippen MR) is 103 cm³/mol. The van der Waals surface area contributed by atoms with Gasteiger partial charge in [0.25, 0.3) is 0 Å². The summed E-state index contributed by atoms with van der Waals surface area (Å²) >= 11 is 0. The summed E-state index contributed by atoms with van der Waals surface area (Å²) in [4.78, 5) is 6.72. The Balaban J connectivity index is 1.34. The van der Waals surface area contributed by atoms with E-state index in [9.17, 15) is 0 Å². The van der Waals surface area contributed by atoms with Crippen LogP contribution in [-0.4, -0.2) is 44.4 Å². The van der Waals surface area contributed by atoms with E-state index >= 15 is 0 Å². The Labute approximate surface area is 153 Å². The molecule has 3 aromatic rings. The zero-order chi connectivity index (χ0) is 18.3. The van der Waals surface area contributed by atoms with Gasteiger partial charge in [-0.15, -0.1) is 5.10 Å². The van der Waals surface area contributed by atoms with Crippen LogP contribution in [0.25, 0.3) is 5.52 Å². The van der Waals surface area contributed by atoms with E-state index in [4.69, 9.17) is 0 Å². The van der Waals surface area contributed by atoms with Gasteiger partial charge >= 0.3 is 0 Å². The normalized spacial score (nSPS) is 15.3. The first kappa shape index (κ1) is 16.8. The Kier molecular flexibility index (Phi) is 4.01. The molecule has 0 aromatic carbocycles. The van der Waals surface area contributed by atoms with Gasteiger partial charge in [-0.05, 0) is 25.1 Å². The molecule has 1 aliphatic heterocycles. The van der Waals surface area contributed by atoms with E-state index in [1.165, 1.54) is 0 Å². The van der Waals surface area contributed by atoms with Crippen molar-refractivity contribution < 1.29 is 0 Å². The predicted octanol–water partition coefficient (Wildman–Crippen LogP) is 2.67. The first-order chi connectivity index (χ1) is 12.4. The van der Waals surface area contributed by atoms with E-state index in [0.29, 0.717) is 5.92 Å². The standard InChI is InChI=1S/C19H25N7/c1-13-9-15-18(20-7-8-26(15)24-13)21-10-14-11-25(12-14)17-6-5-16(22-23-17)19(2,3)4/h5-9,14H,10-12H2,1-4H3,(H,20,21). The summed E-state index contributed by atoms with van der Waals surface area (Å²) in [6, 6.07) is 6.21. The second-order valence-electron chi connectivity index (χ2n) is 8.07. The van der Waals surface area contributed by atoms with Crippen molar-refractivity contribution in [3.63, 3.8) is 0 Å². The number of aromatic nitrogens is 5. The van der Waals surface area contributed by atoms with Crippen LogP contribution >= 0.6 is 0 Å². The number of aryl methyl sites for hydroxylation is 1. The van der Waals surface area contributed by atoms with Crippen molar-refractivity contribution in [2.45, 2.75) is 33.1 Å². The molecule has 4 rings (SSSR count). The Morgan fingerprint density at radius 3 is 2.69 bits per heavy atom. The molecule has 136 valence electrons. The van der Waals surface area contributed by atoms with Crippen LogP contribution in [0.15, 0.2) is 30.6 Å². The fourth-order valence-electron chi connectivity index (χ4n) is 3.20. The monoisotopic (exact) mass is 351 g/mol. The molecule has 7 nitrogen and oxygen atoms in total. The first-order valence-corrected chi connectivity index (χ1v) is 9.04. The lowest BCUT2D eigenvalue weighted by molar-refractivity contribution is 0.424. The molecule has 0 bridgehead atoms. The minimum atomic E-state index is 0.0347. The molecule has 1 N–H and O–H groups in total. The first-order valence-electron chi connectivity index (χ1n) is 9.04. The maximum Gasteiger partial charge on any atom is 0.152 e. The average molecular weight is 351 g/mol. The molecular formula is C19H25N7. The number of anilines is 2. The van der Waals surface area contributed by atoms with Crippen molar-refractivity contribution in [1.82, 2.24) is 24.8 Å². The van der Waals surface area contributed by atoms with E-state index in [-0.39, 0.29) is 5.41 Å². The van der Waals surface area contributed by atoms with Gasteiger partial charge in [-0.2, -0.15) is 10.2 Å². The third-order valence-electron chi connectivity index (χ3n) is 4.77. The molecule has 1 aliphatic rings. The molecule has 26 heavy (non-hydrogen) atoms. The van der Waals surface area contributed by atoms with Crippen LogP contribution in [0.5, 0.6) is 0 Å². The van der Waals surface area contributed by atoms with Gasteiger partial charge in [-0.25, -0.2) is 9.50 Å². The molecule has 0 saturated carbocycles. The molecule has 0 unspecified atom stereocenters. The highest BCUT2D eigenvalue weighted by atomic mass is 15.3. The second-order valence-corrected chi connectivity index (χ2v) is 8.07. The van der Waals surface area contributed by atoms with Crippen molar-refractivity contribution in [3.05, 3.63) is 42.0 Å². The van der Waals surface area contributed by atoms with Gasteiger partial charge in [0.1, 0.15) is 5.52 Å². The molecule has 0 spiro atoms. The Morgan fingerprint density at radius 2 is 2.00 bits per heavy atom. The summed E-state index contributed by atoms with van der Waals surface area (Å²) in [6.07, 6.45) is 3.65. The highest BCUT2D eigenvalue weighted by Crippen LogP contribution is 2.25. The summed E-state index contributed by atoms with van der Waals surface area (Å²) in [6.45, 7) is 11.3. The van der Waals surface area contributed by atoms with Crippen LogP contribution in [-0.2, 0) is 5.41 Å². The van der Waals surface area contributed by atoms with E-state index in [1.54, 1.807) is 6.20 Å². The van der Waals surface area contributed by atoms with E-state index in [1.807, 2.05) is 17.6 Å². The lowest BCUT2D eigenvalue weighted by Crippen LogP contribution is -2.50.